The minimum absolute atomic E-state index is 0.299. The molecule has 2 heterocycles. The Morgan fingerprint density at radius 1 is 1.29 bits per heavy atom. The van der Waals surface area contributed by atoms with Gasteiger partial charge in [-0.1, -0.05) is 28.4 Å². The fraction of sp³-hybridized carbons (Fsp3) is 0.312. The molecule has 1 aromatic carbocycles. The lowest BCUT2D eigenvalue weighted by atomic mass is 10.2. The molecule has 0 aliphatic heterocycles. The second kappa shape index (κ2) is 7.61. The minimum atomic E-state index is 0.299. The SMILES string of the molecule is CNC(C)Cc1noc(Cc2csc(-c3ccc(Cl)cc3Cl)n2)n1. The van der Waals surface area contributed by atoms with Crippen LogP contribution in [0.15, 0.2) is 28.1 Å². The van der Waals surface area contributed by atoms with E-state index in [4.69, 9.17) is 27.7 Å². The molecule has 5 nitrogen and oxygen atoms in total. The number of halogens is 2. The van der Waals surface area contributed by atoms with Crippen molar-refractivity contribution >= 4 is 34.5 Å². The molecule has 0 spiro atoms. The third kappa shape index (κ3) is 4.13. The highest BCUT2D eigenvalue weighted by Crippen LogP contribution is 2.32. The van der Waals surface area contributed by atoms with Crippen LogP contribution >= 0.6 is 34.5 Å². The summed E-state index contributed by atoms with van der Waals surface area (Å²) in [4.78, 5) is 9.01. The molecule has 0 bridgehead atoms. The van der Waals surface area contributed by atoms with E-state index in [0.29, 0.717) is 34.2 Å². The van der Waals surface area contributed by atoms with E-state index in [-0.39, 0.29) is 0 Å². The van der Waals surface area contributed by atoms with Crippen molar-refractivity contribution in [1.29, 1.82) is 0 Å². The van der Waals surface area contributed by atoms with Crippen LogP contribution < -0.4 is 5.32 Å². The van der Waals surface area contributed by atoms with Gasteiger partial charge in [0.15, 0.2) is 5.82 Å². The fourth-order valence-electron chi connectivity index (χ4n) is 2.15. The van der Waals surface area contributed by atoms with Crippen LogP contribution in [0.5, 0.6) is 0 Å². The van der Waals surface area contributed by atoms with Gasteiger partial charge in [0.2, 0.25) is 5.89 Å². The maximum absolute atomic E-state index is 6.23. The predicted octanol–water partition coefficient (Wildman–Crippen LogP) is 4.24. The summed E-state index contributed by atoms with van der Waals surface area (Å²) in [5, 5.41) is 11.2. The summed E-state index contributed by atoms with van der Waals surface area (Å²) < 4.78 is 5.30. The number of hydrogen-bond acceptors (Lipinski definition) is 6. The van der Waals surface area contributed by atoms with Crippen molar-refractivity contribution in [3.05, 3.63) is 51.0 Å². The highest BCUT2D eigenvalue weighted by molar-refractivity contribution is 7.13. The number of thiazole rings is 1. The molecule has 0 radical (unpaired) electrons. The van der Waals surface area contributed by atoms with Crippen molar-refractivity contribution < 1.29 is 4.52 Å². The Bertz CT molecular complexity index is 833. The van der Waals surface area contributed by atoms with Gasteiger partial charge in [0.25, 0.3) is 0 Å². The Morgan fingerprint density at radius 2 is 2.12 bits per heavy atom. The quantitative estimate of drug-likeness (QED) is 0.690. The third-order valence-electron chi connectivity index (χ3n) is 3.54. The molecule has 1 atom stereocenters. The molecule has 1 N–H and O–H groups in total. The average Bonchev–Trinajstić information content (AvgIpc) is 3.17. The second-order valence-electron chi connectivity index (χ2n) is 5.44. The van der Waals surface area contributed by atoms with Gasteiger partial charge in [-0.2, -0.15) is 4.98 Å². The van der Waals surface area contributed by atoms with E-state index in [0.717, 1.165) is 22.7 Å². The van der Waals surface area contributed by atoms with Gasteiger partial charge in [-0.25, -0.2) is 4.98 Å². The van der Waals surface area contributed by atoms with Crippen LogP contribution in [0.25, 0.3) is 10.6 Å². The lowest BCUT2D eigenvalue weighted by molar-refractivity contribution is 0.376. The minimum Gasteiger partial charge on any atom is -0.339 e. The molecule has 1 unspecified atom stereocenters. The number of benzene rings is 1. The summed E-state index contributed by atoms with van der Waals surface area (Å²) in [6.45, 7) is 2.07. The molecule has 0 saturated carbocycles. The predicted molar refractivity (Wildman–Crippen MR) is 96.9 cm³/mol. The largest absolute Gasteiger partial charge is 0.339 e. The summed E-state index contributed by atoms with van der Waals surface area (Å²) >= 11 is 13.7. The summed E-state index contributed by atoms with van der Waals surface area (Å²) in [5.41, 5.74) is 1.74. The lowest BCUT2D eigenvalue weighted by Gasteiger charge is -2.04. The van der Waals surface area contributed by atoms with Crippen molar-refractivity contribution in [2.75, 3.05) is 7.05 Å². The van der Waals surface area contributed by atoms with E-state index >= 15 is 0 Å². The van der Waals surface area contributed by atoms with Crippen LogP contribution in [0.3, 0.4) is 0 Å². The Hall–Kier alpha value is -1.47. The van der Waals surface area contributed by atoms with Crippen molar-refractivity contribution in [2.24, 2.45) is 0 Å². The molecule has 0 aliphatic carbocycles. The molecule has 2 aromatic heterocycles. The zero-order valence-corrected chi connectivity index (χ0v) is 15.5. The van der Waals surface area contributed by atoms with Crippen molar-refractivity contribution in [1.82, 2.24) is 20.4 Å². The Morgan fingerprint density at radius 3 is 2.88 bits per heavy atom. The van der Waals surface area contributed by atoms with E-state index < -0.39 is 0 Å². The molecule has 3 aromatic rings. The maximum atomic E-state index is 6.23. The van der Waals surface area contributed by atoms with Gasteiger partial charge >= 0.3 is 0 Å². The molecule has 0 fully saturated rings. The van der Waals surface area contributed by atoms with E-state index in [9.17, 15) is 0 Å². The lowest BCUT2D eigenvalue weighted by Crippen LogP contribution is -2.24. The Balaban J connectivity index is 1.72. The van der Waals surface area contributed by atoms with Gasteiger partial charge < -0.3 is 9.84 Å². The average molecular weight is 383 g/mol. The van der Waals surface area contributed by atoms with Crippen LogP contribution in [-0.4, -0.2) is 28.2 Å². The smallest absolute Gasteiger partial charge is 0.232 e. The van der Waals surface area contributed by atoms with Crippen LogP contribution in [0.2, 0.25) is 10.0 Å². The van der Waals surface area contributed by atoms with Crippen molar-refractivity contribution in [3.63, 3.8) is 0 Å². The molecule has 0 amide bonds. The number of nitrogens with zero attached hydrogens (tertiary/aromatic N) is 3. The third-order valence-corrected chi connectivity index (χ3v) is 5.01. The molecule has 24 heavy (non-hydrogen) atoms. The highest BCUT2D eigenvalue weighted by atomic mass is 35.5. The van der Waals surface area contributed by atoms with Crippen LogP contribution in [0, 0.1) is 0 Å². The standard InChI is InChI=1S/C16H16Cl2N4OS/c1-9(19-2)5-14-21-15(23-22-14)7-11-8-24-16(20-11)12-4-3-10(17)6-13(12)18/h3-4,6,8-9,19H,5,7H2,1-2H3. The Kier molecular flexibility index (Phi) is 5.50. The molecular weight excluding hydrogens is 367 g/mol. The molecule has 126 valence electrons. The number of hydrogen-bond donors (Lipinski definition) is 1. The van der Waals surface area contributed by atoms with E-state index in [1.54, 1.807) is 12.1 Å². The number of nitrogens with one attached hydrogen (secondary N) is 1. The summed E-state index contributed by atoms with van der Waals surface area (Å²) in [6.07, 6.45) is 1.23. The van der Waals surface area contributed by atoms with Gasteiger partial charge in [0.05, 0.1) is 17.1 Å². The van der Waals surface area contributed by atoms with Crippen LogP contribution in [0.4, 0.5) is 0 Å². The van der Waals surface area contributed by atoms with Crippen LogP contribution in [0.1, 0.15) is 24.3 Å². The summed E-state index contributed by atoms with van der Waals surface area (Å²) in [6, 6.07) is 5.69. The second-order valence-corrected chi connectivity index (χ2v) is 7.14. The van der Waals surface area contributed by atoms with Gasteiger partial charge in [0.1, 0.15) is 5.01 Å². The molecule has 0 aliphatic rings. The molecular formula is C16H16Cl2N4OS. The van der Waals surface area contributed by atoms with Gasteiger partial charge in [-0.05, 0) is 32.2 Å². The first-order valence-corrected chi connectivity index (χ1v) is 9.07. The van der Waals surface area contributed by atoms with Gasteiger partial charge in [-0.3, -0.25) is 0 Å². The van der Waals surface area contributed by atoms with Gasteiger partial charge in [-0.15, -0.1) is 11.3 Å². The fourth-order valence-corrected chi connectivity index (χ4v) is 3.56. The molecule has 8 heteroatoms. The first kappa shape index (κ1) is 17.4. The molecule has 3 rings (SSSR count). The number of rotatable bonds is 6. The Labute approximate surface area is 154 Å². The number of aromatic nitrogens is 3. The first-order valence-electron chi connectivity index (χ1n) is 7.43. The topological polar surface area (TPSA) is 63.8 Å². The van der Waals surface area contributed by atoms with Crippen LogP contribution in [-0.2, 0) is 12.8 Å². The van der Waals surface area contributed by atoms with E-state index in [2.05, 4.69) is 27.4 Å². The van der Waals surface area contributed by atoms with Gasteiger partial charge in [0, 0.05) is 28.4 Å². The highest BCUT2D eigenvalue weighted by Gasteiger charge is 2.13. The monoisotopic (exact) mass is 382 g/mol. The molecule has 0 saturated heterocycles. The summed E-state index contributed by atoms with van der Waals surface area (Å²) in [7, 11) is 1.91. The zero-order chi connectivity index (χ0) is 17.1. The van der Waals surface area contributed by atoms with E-state index in [1.807, 2.05) is 18.5 Å². The maximum Gasteiger partial charge on any atom is 0.232 e. The zero-order valence-electron chi connectivity index (χ0n) is 13.2. The van der Waals surface area contributed by atoms with Crippen molar-refractivity contribution in [2.45, 2.75) is 25.8 Å². The van der Waals surface area contributed by atoms with E-state index in [1.165, 1.54) is 11.3 Å². The number of likely N-dealkylation sites (N-methyl/N-ethyl adjacent to an activating group) is 1. The summed E-state index contributed by atoms with van der Waals surface area (Å²) in [5.74, 6) is 1.26. The normalized spacial score (nSPS) is 12.5. The first-order chi connectivity index (χ1) is 11.5. The van der Waals surface area contributed by atoms with Crippen molar-refractivity contribution in [3.8, 4) is 10.6 Å².